The van der Waals surface area contributed by atoms with Crippen molar-refractivity contribution in [2.24, 2.45) is 0 Å². The van der Waals surface area contributed by atoms with Crippen molar-refractivity contribution in [3.8, 4) is 0 Å². The van der Waals surface area contributed by atoms with Crippen LogP contribution in [0.25, 0.3) is 0 Å². The first-order valence-corrected chi connectivity index (χ1v) is 8.00. The largest absolute Gasteiger partial charge is 0.305 e. The minimum Gasteiger partial charge on any atom is -0.305 e. The summed E-state index contributed by atoms with van der Waals surface area (Å²) in [5, 5.41) is 3.64. The molecule has 0 aliphatic carbocycles. The molecular formula is C19H26N2. The van der Waals surface area contributed by atoms with Gasteiger partial charge in [-0.1, -0.05) is 50.6 Å². The average Bonchev–Trinajstić information content (AvgIpc) is 2.49. The maximum Gasteiger partial charge on any atom is 0.0751 e. The van der Waals surface area contributed by atoms with Crippen LogP contribution in [0.3, 0.4) is 0 Å². The van der Waals surface area contributed by atoms with E-state index in [-0.39, 0.29) is 6.04 Å². The van der Waals surface area contributed by atoms with E-state index in [1.807, 2.05) is 13.0 Å². The smallest absolute Gasteiger partial charge is 0.0751 e. The highest BCUT2D eigenvalue weighted by molar-refractivity contribution is 5.32. The van der Waals surface area contributed by atoms with Gasteiger partial charge in [0.25, 0.3) is 0 Å². The van der Waals surface area contributed by atoms with Gasteiger partial charge in [0.1, 0.15) is 0 Å². The highest BCUT2D eigenvalue weighted by atomic mass is 14.9. The van der Waals surface area contributed by atoms with Crippen molar-refractivity contribution in [1.82, 2.24) is 10.3 Å². The van der Waals surface area contributed by atoms with Crippen LogP contribution in [0.2, 0.25) is 0 Å². The zero-order valence-electron chi connectivity index (χ0n) is 13.4. The van der Waals surface area contributed by atoms with Crippen molar-refractivity contribution in [2.75, 3.05) is 6.54 Å². The summed E-state index contributed by atoms with van der Waals surface area (Å²) >= 11 is 0. The predicted octanol–water partition coefficient (Wildman–Crippen LogP) is 4.43. The van der Waals surface area contributed by atoms with Crippen LogP contribution in [-0.2, 0) is 6.42 Å². The highest BCUT2D eigenvalue weighted by Gasteiger charge is 2.15. The molecule has 2 nitrogen and oxygen atoms in total. The summed E-state index contributed by atoms with van der Waals surface area (Å²) in [6, 6.07) is 15.3. The molecule has 1 aromatic heterocycles. The molecule has 0 aliphatic heterocycles. The lowest BCUT2D eigenvalue weighted by atomic mass is 9.99. The Bertz CT molecular complexity index is 563. The predicted molar refractivity (Wildman–Crippen MR) is 89.5 cm³/mol. The number of nitrogens with zero attached hydrogens (tertiary/aromatic N) is 1. The first-order valence-electron chi connectivity index (χ1n) is 8.00. The van der Waals surface area contributed by atoms with Crippen LogP contribution in [0, 0.1) is 6.92 Å². The number of hydrogen-bond donors (Lipinski definition) is 1. The summed E-state index contributed by atoms with van der Waals surface area (Å²) in [5.41, 5.74) is 4.90. The van der Waals surface area contributed by atoms with Gasteiger partial charge >= 0.3 is 0 Å². The molecule has 112 valence electrons. The summed E-state index contributed by atoms with van der Waals surface area (Å²) in [7, 11) is 0. The SMILES string of the molecule is CCCNC(c1cccc(CCC)c1)c1cccc(C)n1. The third-order valence-corrected chi connectivity index (χ3v) is 3.63. The minimum atomic E-state index is 0.182. The molecule has 21 heavy (non-hydrogen) atoms. The number of aromatic nitrogens is 1. The molecule has 0 amide bonds. The van der Waals surface area contributed by atoms with Crippen LogP contribution < -0.4 is 5.32 Å². The molecule has 0 fully saturated rings. The molecule has 0 saturated heterocycles. The molecule has 2 heteroatoms. The van der Waals surface area contributed by atoms with Crippen LogP contribution in [0.15, 0.2) is 42.5 Å². The highest BCUT2D eigenvalue weighted by Crippen LogP contribution is 2.22. The Morgan fingerprint density at radius 1 is 1.05 bits per heavy atom. The van der Waals surface area contributed by atoms with Gasteiger partial charge < -0.3 is 5.32 Å². The number of aryl methyl sites for hydroxylation is 2. The van der Waals surface area contributed by atoms with Gasteiger partial charge in [0.15, 0.2) is 0 Å². The van der Waals surface area contributed by atoms with E-state index in [1.165, 1.54) is 17.5 Å². The Hall–Kier alpha value is -1.67. The molecule has 1 atom stereocenters. The van der Waals surface area contributed by atoms with E-state index < -0.39 is 0 Å². The summed E-state index contributed by atoms with van der Waals surface area (Å²) in [6.45, 7) is 7.47. The number of pyridine rings is 1. The zero-order chi connectivity index (χ0) is 15.1. The molecule has 0 saturated carbocycles. The summed E-state index contributed by atoms with van der Waals surface area (Å²) in [5.74, 6) is 0. The standard InChI is InChI=1S/C19H26N2/c1-4-8-16-10-7-11-17(14-16)19(20-13-5-2)18-12-6-9-15(3)21-18/h6-7,9-12,14,19-20H,4-5,8,13H2,1-3H3. The first-order chi connectivity index (χ1) is 10.2. The van der Waals surface area contributed by atoms with Gasteiger partial charge in [0, 0.05) is 5.69 Å². The topological polar surface area (TPSA) is 24.9 Å². The van der Waals surface area contributed by atoms with E-state index in [4.69, 9.17) is 4.98 Å². The monoisotopic (exact) mass is 282 g/mol. The lowest BCUT2D eigenvalue weighted by Crippen LogP contribution is -2.24. The molecule has 1 aromatic carbocycles. The normalized spacial score (nSPS) is 12.3. The van der Waals surface area contributed by atoms with Crippen molar-refractivity contribution in [2.45, 2.75) is 46.1 Å². The van der Waals surface area contributed by atoms with E-state index in [0.29, 0.717) is 0 Å². The Morgan fingerprint density at radius 3 is 2.57 bits per heavy atom. The van der Waals surface area contributed by atoms with Crippen molar-refractivity contribution in [1.29, 1.82) is 0 Å². The van der Waals surface area contributed by atoms with E-state index >= 15 is 0 Å². The van der Waals surface area contributed by atoms with E-state index in [2.05, 4.69) is 55.6 Å². The summed E-state index contributed by atoms with van der Waals surface area (Å²) < 4.78 is 0. The van der Waals surface area contributed by atoms with Gasteiger partial charge in [0.2, 0.25) is 0 Å². The van der Waals surface area contributed by atoms with Crippen molar-refractivity contribution >= 4 is 0 Å². The lowest BCUT2D eigenvalue weighted by Gasteiger charge is -2.20. The Labute approximate surface area is 128 Å². The van der Waals surface area contributed by atoms with Gasteiger partial charge in [-0.2, -0.15) is 0 Å². The molecule has 1 N–H and O–H groups in total. The quantitative estimate of drug-likeness (QED) is 0.812. The maximum absolute atomic E-state index is 4.72. The van der Waals surface area contributed by atoms with E-state index in [1.54, 1.807) is 0 Å². The van der Waals surface area contributed by atoms with Crippen LogP contribution in [0.4, 0.5) is 0 Å². The summed E-state index contributed by atoms with van der Waals surface area (Å²) in [4.78, 5) is 4.72. The summed E-state index contributed by atoms with van der Waals surface area (Å²) in [6.07, 6.45) is 3.44. The Balaban J connectivity index is 2.33. The van der Waals surface area contributed by atoms with Gasteiger partial charge in [-0.15, -0.1) is 0 Å². The third kappa shape index (κ3) is 4.40. The third-order valence-electron chi connectivity index (χ3n) is 3.63. The zero-order valence-corrected chi connectivity index (χ0v) is 13.4. The number of rotatable bonds is 7. The fourth-order valence-electron chi connectivity index (χ4n) is 2.62. The van der Waals surface area contributed by atoms with Crippen LogP contribution in [0.1, 0.15) is 55.2 Å². The van der Waals surface area contributed by atoms with Crippen LogP contribution in [0.5, 0.6) is 0 Å². The van der Waals surface area contributed by atoms with E-state index in [9.17, 15) is 0 Å². The molecule has 2 aromatic rings. The molecule has 0 bridgehead atoms. The fourth-order valence-corrected chi connectivity index (χ4v) is 2.62. The molecular weight excluding hydrogens is 256 g/mol. The molecule has 0 spiro atoms. The second-order valence-corrected chi connectivity index (χ2v) is 5.59. The van der Waals surface area contributed by atoms with Gasteiger partial charge in [-0.3, -0.25) is 4.98 Å². The lowest BCUT2D eigenvalue weighted by molar-refractivity contribution is 0.585. The maximum atomic E-state index is 4.72. The van der Waals surface area contributed by atoms with Gasteiger partial charge in [-0.25, -0.2) is 0 Å². The van der Waals surface area contributed by atoms with Gasteiger partial charge in [0.05, 0.1) is 11.7 Å². The van der Waals surface area contributed by atoms with Crippen molar-refractivity contribution < 1.29 is 0 Å². The molecule has 0 radical (unpaired) electrons. The second kappa shape index (κ2) is 7.94. The molecule has 2 rings (SSSR count). The second-order valence-electron chi connectivity index (χ2n) is 5.59. The minimum absolute atomic E-state index is 0.182. The Morgan fingerprint density at radius 2 is 1.86 bits per heavy atom. The first kappa shape index (κ1) is 15.7. The van der Waals surface area contributed by atoms with Gasteiger partial charge in [-0.05, 0) is 49.6 Å². The van der Waals surface area contributed by atoms with Crippen LogP contribution in [-0.4, -0.2) is 11.5 Å². The van der Waals surface area contributed by atoms with Crippen molar-refractivity contribution in [3.05, 3.63) is 65.0 Å². The van der Waals surface area contributed by atoms with Crippen molar-refractivity contribution in [3.63, 3.8) is 0 Å². The molecule has 1 unspecified atom stereocenters. The number of benzene rings is 1. The Kier molecular flexibility index (Phi) is 5.94. The molecule has 1 heterocycles. The number of nitrogens with one attached hydrogen (secondary N) is 1. The molecule has 0 aliphatic rings. The average molecular weight is 282 g/mol. The van der Waals surface area contributed by atoms with Crippen LogP contribution >= 0.6 is 0 Å². The number of hydrogen-bond acceptors (Lipinski definition) is 2. The van der Waals surface area contributed by atoms with E-state index in [0.717, 1.165) is 30.8 Å². The fraction of sp³-hybridized carbons (Fsp3) is 0.421.